The van der Waals surface area contributed by atoms with Gasteiger partial charge in [-0.1, -0.05) is 125 Å². The van der Waals surface area contributed by atoms with E-state index in [-0.39, 0.29) is 12.1 Å². The Hall–Kier alpha value is -2.13. The average Bonchev–Trinajstić information content (AvgIpc) is 3.06. The van der Waals surface area contributed by atoms with Gasteiger partial charge in [-0.2, -0.15) is 0 Å². The summed E-state index contributed by atoms with van der Waals surface area (Å²) in [6.07, 6.45) is 56.1. The Balaban J connectivity index is 4.19. The fourth-order valence-electron chi connectivity index (χ4n) is 5.41. The monoisotopic (exact) mass is 652 g/mol. The van der Waals surface area contributed by atoms with E-state index in [4.69, 9.17) is 4.74 Å². The van der Waals surface area contributed by atoms with Crippen molar-refractivity contribution >= 4 is 5.97 Å². The molecule has 0 aliphatic rings. The molecular formula is C44H77NO2. The number of carbonyl (C=O) groups is 1. The third kappa shape index (κ3) is 38.2. The van der Waals surface area contributed by atoms with Gasteiger partial charge in [0.05, 0.1) is 0 Å². The van der Waals surface area contributed by atoms with Crippen molar-refractivity contribution in [2.75, 3.05) is 20.6 Å². The maximum Gasteiger partial charge on any atom is 0.306 e. The minimum absolute atomic E-state index is 0.000278. The van der Waals surface area contributed by atoms with Gasteiger partial charge in [0.1, 0.15) is 6.10 Å². The van der Waals surface area contributed by atoms with Crippen LogP contribution in [-0.2, 0) is 9.53 Å². The third-order valence-electron chi connectivity index (χ3n) is 8.37. The summed E-state index contributed by atoms with van der Waals surface area (Å²) in [7, 11) is 4.17. The number of nitrogens with zero attached hydrogens (tertiary/aromatic N) is 1. The minimum Gasteiger partial charge on any atom is -0.462 e. The van der Waals surface area contributed by atoms with Crippen LogP contribution in [0.5, 0.6) is 0 Å². The Morgan fingerprint density at radius 2 is 0.872 bits per heavy atom. The zero-order valence-corrected chi connectivity index (χ0v) is 31.7. The fraction of sp³-hybridized carbons (Fsp3) is 0.705. The second-order valence-corrected chi connectivity index (χ2v) is 13.4. The molecule has 3 heteroatoms. The van der Waals surface area contributed by atoms with Crippen LogP contribution in [0.2, 0.25) is 0 Å². The molecule has 47 heavy (non-hydrogen) atoms. The molecule has 0 amide bonds. The first-order chi connectivity index (χ1) is 23.1. The van der Waals surface area contributed by atoms with Gasteiger partial charge in [-0.25, -0.2) is 0 Å². The molecule has 0 rings (SSSR count). The molecule has 0 atom stereocenters. The van der Waals surface area contributed by atoms with Crippen LogP contribution in [0, 0.1) is 0 Å². The highest BCUT2D eigenvalue weighted by Crippen LogP contribution is 2.17. The van der Waals surface area contributed by atoms with E-state index in [2.05, 4.69) is 106 Å². The summed E-state index contributed by atoms with van der Waals surface area (Å²) >= 11 is 0. The Morgan fingerprint density at radius 3 is 1.26 bits per heavy atom. The van der Waals surface area contributed by atoms with Crippen molar-refractivity contribution < 1.29 is 9.53 Å². The lowest BCUT2D eigenvalue weighted by atomic mass is 10.0. The van der Waals surface area contributed by atoms with Gasteiger partial charge in [-0.15, -0.1) is 0 Å². The first kappa shape index (κ1) is 44.9. The normalized spacial score (nSPS) is 12.7. The van der Waals surface area contributed by atoms with Crippen LogP contribution in [0.3, 0.4) is 0 Å². The van der Waals surface area contributed by atoms with Crippen LogP contribution >= 0.6 is 0 Å². The number of unbranched alkanes of at least 4 members (excludes halogenated alkanes) is 13. The standard InChI is InChI=1S/C44H77NO2/c1-5-7-9-11-13-15-17-19-21-23-25-27-29-31-33-35-39-43(47-44(46)41-37-38-42-45(3)4)40-36-34-32-30-28-26-24-22-20-18-16-14-12-10-8-6-2/h13-16,19-22,25-28,43H,5-12,17-18,23-24,29-42H2,1-4H3/b15-13+,16-14+,21-19+,22-20+,27-25+,28-26+. The van der Waals surface area contributed by atoms with Crippen LogP contribution in [0.25, 0.3) is 0 Å². The van der Waals surface area contributed by atoms with Crippen LogP contribution in [0.15, 0.2) is 72.9 Å². The summed E-state index contributed by atoms with van der Waals surface area (Å²) in [6.45, 7) is 5.54. The maximum atomic E-state index is 12.6. The lowest BCUT2D eigenvalue weighted by molar-refractivity contribution is -0.150. The number of hydrogen-bond acceptors (Lipinski definition) is 3. The summed E-state index contributed by atoms with van der Waals surface area (Å²) in [5.74, 6) is -0.000278. The van der Waals surface area contributed by atoms with Crippen LogP contribution in [0.1, 0.15) is 174 Å². The van der Waals surface area contributed by atoms with E-state index in [0.717, 1.165) is 83.6 Å². The topological polar surface area (TPSA) is 29.5 Å². The highest BCUT2D eigenvalue weighted by Gasteiger charge is 2.14. The summed E-state index contributed by atoms with van der Waals surface area (Å²) in [5, 5.41) is 0. The van der Waals surface area contributed by atoms with Crippen LogP contribution in [0.4, 0.5) is 0 Å². The summed E-state index contributed by atoms with van der Waals surface area (Å²) in [5.41, 5.74) is 0. The van der Waals surface area contributed by atoms with E-state index in [1.807, 2.05) is 0 Å². The van der Waals surface area contributed by atoms with Gasteiger partial charge in [0.15, 0.2) is 0 Å². The van der Waals surface area contributed by atoms with Crippen LogP contribution < -0.4 is 0 Å². The predicted octanol–water partition coefficient (Wildman–Crippen LogP) is 13.6. The molecule has 0 aromatic rings. The van der Waals surface area contributed by atoms with Crippen molar-refractivity contribution in [2.45, 2.75) is 180 Å². The fourth-order valence-corrected chi connectivity index (χ4v) is 5.41. The van der Waals surface area contributed by atoms with Crippen molar-refractivity contribution in [2.24, 2.45) is 0 Å². The minimum atomic E-state index is -0.000278. The molecule has 0 unspecified atom stereocenters. The molecule has 0 spiro atoms. The van der Waals surface area contributed by atoms with Gasteiger partial charge in [0.25, 0.3) is 0 Å². The lowest BCUT2D eigenvalue weighted by Gasteiger charge is -2.18. The van der Waals surface area contributed by atoms with Gasteiger partial charge < -0.3 is 9.64 Å². The SMILES string of the molecule is CCCCC/C=C/C/C=C/C/C=C/CCCCCC(CCCCC/C=C/C/C=C/C/C=C/CCCCC)OC(=O)CCCCN(C)C. The van der Waals surface area contributed by atoms with Crippen molar-refractivity contribution in [1.82, 2.24) is 4.90 Å². The molecular weight excluding hydrogens is 574 g/mol. The number of hydrogen-bond donors (Lipinski definition) is 0. The molecule has 0 aromatic heterocycles. The molecule has 0 saturated heterocycles. The van der Waals surface area contributed by atoms with Gasteiger partial charge in [0, 0.05) is 6.42 Å². The molecule has 0 bridgehead atoms. The lowest BCUT2D eigenvalue weighted by Crippen LogP contribution is -2.19. The highest BCUT2D eigenvalue weighted by atomic mass is 16.5. The molecule has 0 aliphatic carbocycles. The van der Waals surface area contributed by atoms with E-state index < -0.39 is 0 Å². The van der Waals surface area contributed by atoms with Gasteiger partial charge in [-0.3, -0.25) is 4.79 Å². The van der Waals surface area contributed by atoms with Gasteiger partial charge >= 0.3 is 5.97 Å². The number of esters is 1. The van der Waals surface area contributed by atoms with E-state index in [0.29, 0.717) is 6.42 Å². The zero-order chi connectivity index (χ0) is 34.3. The Bertz CT molecular complexity index is 778. The van der Waals surface area contributed by atoms with E-state index >= 15 is 0 Å². The van der Waals surface area contributed by atoms with Crippen molar-refractivity contribution in [3.8, 4) is 0 Å². The van der Waals surface area contributed by atoms with E-state index in [1.54, 1.807) is 0 Å². The molecule has 0 N–H and O–H groups in total. The summed E-state index contributed by atoms with van der Waals surface area (Å²) in [4.78, 5) is 14.7. The first-order valence-electron chi connectivity index (χ1n) is 19.8. The van der Waals surface area contributed by atoms with Gasteiger partial charge in [0.2, 0.25) is 0 Å². The number of ether oxygens (including phenoxy) is 1. The Labute approximate surface area is 293 Å². The molecule has 0 heterocycles. The maximum absolute atomic E-state index is 12.6. The predicted molar refractivity (Wildman–Crippen MR) is 210 cm³/mol. The Morgan fingerprint density at radius 1 is 0.489 bits per heavy atom. The first-order valence-corrected chi connectivity index (χ1v) is 19.8. The number of rotatable bonds is 34. The second-order valence-electron chi connectivity index (χ2n) is 13.4. The van der Waals surface area contributed by atoms with Gasteiger partial charge in [-0.05, 0) is 136 Å². The molecule has 0 aliphatic heterocycles. The smallest absolute Gasteiger partial charge is 0.306 e. The molecule has 0 fully saturated rings. The molecule has 0 radical (unpaired) electrons. The number of carbonyl (C=O) groups excluding carboxylic acids is 1. The third-order valence-corrected chi connectivity index (χ3v) is 8.37. The van der Waals surface area contributed by atoms with Crippen molar-refractivity contribution in [1.29, 1.82) is 0 Å². The largest absolute Gasteiger partial charge is 0.462 e. The van der Waals surface area contributed by atoms with E-state index in [1.165, 1.54) is 77.0 Å². The number of allylic oxidation sites excluding steroid dienone is 12. The Kier molecular flexibility index (Phi) is 36.6. The highest BCUT2D eigenvalue weighted by molar-refractivity contribution is 5.69. The quantitative estimate of drug-likeness (QED) is 0.0394. The molecule has 0 saturated carbocycles. The molecule has 270 valence electrons. The second kappa shape index (κ2) is 38.3. The van der Waals surface area contributed by atoms with Crippen LogP contribution in [-0.4, -0.2) is 37.6 Å². The summed E-state index contributed by atoms with van der Waals surface area (Å²) in [6, 6.07) is 0. The van der Waals surface area contributed by atoms with Crippen molar-refractivity contribution in [3.05, 3.63) is 72.9 Å². The molecule has 0 aromatic carbocycles. The average molecular weight is 652 g/mol. The molecule has 3 nitrogen and oxygen atoms in total. The van der Waals surface area contributed by atoms with E-state index in [9.17, 15) is 4.79 Å². The zero-order valence-electron chi connectivity index (χ0n) is 31.7. The summed E-state index contributed by atoms with van der Waals surface area (Å²) < 4.78 is 6.00. The van der Waals surface area contributed by atoms with Crippen molar-refractivity contribution in [3.63, 3.8) is 0 Å².